The molecule has 3 aliphatic rings. The smallest absolute Gasteiger partial charge is 0.246 e. The highest BCUT2D eigenvalue weighted by molar-refractivity contribution is 7.26. The van der Waals surface area contributed by atoms with Gasteiger partial charge in [-0.2, -0.15) is 0 Å². The molecule has 0 fully saturated rings. The maximum Gasteiger partial charge on any atom is 0.246 e. The third-order valence-electron chi connectivity index (χ3n) is 13.4. The monoisotopic (exact) mass is 819 g/mol. The predicted octanol–water partition coefficient (Wildman–Crippen LogP) is 8.87. The molecule has 0 spiro atoms. The number of pyridine rings is 2. The maximum absolute atomic E-state index is 5.11. The molecule has 294 valence electrons. The molecule has 0 saturated carbocycles. The minimum atomic E-state index is -3.12. The van der Waals surface area contributed by atoms with Crippen molar-refractivity contribution in [2.45, 2.75) is 0 Å². The van der Waals surface area contributed by atoms with Crippen molar-refractivity contribution in [3.8, 4) is 0 Å². The number of hydrogen-bond donors (Lipinski definition) is 0. The Kier molecular flexibility index (Phi) is 7.95. The Balaban J connectivity index is 1.30. The summed E-state index contributed by atoms with van der Waals surface area (Å²) in [6.07, 6.45) is 5.76. The van der Waals surface area contributed by atoms with Crippen LogP contribution in [0.25, 0.3) is 10.9 Å². The molecule has 5 heterocycles. The number of para-hydroxylation sites is 5. The molecular formula is C56H38BN5Si. The topological polar surface area (TPSA) is 35.5 Å². The van der Waals surface area contributed by atoms with Gasteiger partial charge in [0.15, 0.2) is 8.07 Å². The van der Waals surface area contributed by atoms with E-state index < -0.39 is 8.07 Å². The molecular weight excluding hydrogens is 782 g/mol. The van der Waals surface area contributed by atoms with Gasteiger partial charge in [-0.1, -0.05) is 157 Å². The fraction of sp³-hybridized carbons (Fsp3) is 0. The van der Waals surface area contributed by atoms with Crippen LogP contribution in [0.15, 0.2) is 231 Å². The van der Waals surface area contributed by atoms with Gasteiger partial charge in [-0.05, 0) is 92.3 Å². The lowest BCUT2D eigenvalue weighted by Gasteiger charge is -2.51. The van der Waals surface area contributed by atoms with E-state index in [0.29, 0.717) is 0 Å². The Bertz CT molecular complexity index is 3340. The average Bonchev–Trinajstić information content (AvgIpc) is 3.36. The van der Waals surface area contributed by atoms with Gasteiger partial charge in [0.1, 0.15) is 0 Å². The molecule has 7 heteroatoms. The first-order valence-electron chi connectivity index (χ1n) is 21.6. The van der Waals surface area contributed by atoms with Crippen molar-refractivity contribution in [1.82, 2.24) is 9.97 Å². The van der Waals surface area contributed by atoms with E-state index in [1.165, 1.54) is 42.8 Å². The fourth-order valence-corrected chi connectivity index (χ4v) is 16.3. The second kappa shape index (κ2) is 14.0. The van der Waals surface area contributed by atoms with Crippen LogP contribution in [0.5, 0.6) is 0 Å². The first-order chi connectivity index (χ1) is 31.3. The van der Waals surface area contributed by atoms with E-state index in [0.717, 1.165) is 56.4 Å². The first kappa shape index (κ1) is 35.7. The van der Waals surface area contributed by atoms with E-state index >= 15 is 0 Å². The van der Waals surface area contributed by atoms with Crippen LogP contribution in [-0.4, -0.2) is 24.8 Å². The van der Waals surface area contributed by atoms with E-state index in [2.05, 4.69) is 226 Å². The van der Waals surface area contributed by atoms with Crippen molar-refractivity contribution in [1.29, 1.82) is 0 Å². The SMILES string of the molecule is c1ccc(N2c3ccccc3N(c3cccc4cccnc34)c3cc4c5c(c32)N(c2ccncc2)c2ccccc2B5c2ccccc2[Si]4(c2ccccc2)c2ccccc2)cc1. The van der Waals surface area contributed by atoms with Crippen molar-refractivity contribution in [2.75, 3.05) is 14.7 Å². The predicted molar refractivity (Wildman–Crippen MR) is 265 cm³/mol. The van der Waals surface area contributed by atoms with Crippen LogP contribution in [0, 0.1) is 0 Å². The van der Waals surface area contributed by atoms with Crippen LogP contribution < -0.4 is 51.8 Å². The van der Waals surface area contributed by atoms with Crippen LogP contribution in [0.4, 0.5) is 51.2 Å². The molecule has 0 amide bonds. The van der Waals surface area contributed by atoms with E-state index in [1.807, 2.05) is 24.7 Å². The highest BCUT2D eigenvalue weighted by Gasteiger charge is 2.55. The quantitative estimate of drug-likeness (QED) is 0.162. The lowest BCUT2D eigenvalue weighted by Crippen LogP contribution is -2.87. The molecule has 0 N–H and O–H groups in total. The summed E-state index contributed by atoms with van der Waals surface area (Å²) in [6.45, 7) is -0.0405. The molecule has 0 atom stereocenters. The number of nitrogens with zero attached hydrogens (tertiary/aromatic N) is 5. The van der Waals surface area contributed by atoms with Gasteiger partial charge in [0.2, 0.25) is 6.71 Å². The van der Waals surface area contributed by atoms with Gasteiger partial charge < -0.3 is 14.7 Å². The summed E-state index contributed by atoms with van der Waals surface area (Å²) in [7, 11) is -3.12. The van der Waals surface area contributed by atoms with Gasteiger partial charge in [-0.15, -0.1) is 0 Å². The van der Waals surface area contributed by atoms with Gasteiger partial charge in [-0.3, -0.25) is 9.97 Å². The number of rotatable bonds is 5. The van der Waals surface area contributed by atoms with Crippen LogP contribution in [0.1, 0.15) is 0 Å². The molecule has 2 aromatic heterocycles. The number of hydrogen-bond acceptors (Lipinski definition) is 5. The van der Waals surface area contributed by atoms with Crippen LogP contribution in [0.3, 0.4) is 0 Å². The molecule has 63 heavy (non-hydrogen) atoms. The minimum Gasteiger partial charge on any atom is -0.309 e. The Morgan fingerprint density at radius 2 is 0.937 bits per heavy atom. The second-order valence-electron chi connectivity index (χ2n) is 16.5. The third kappa shape index (κ3) is 5.05. The molecule has 0 unspecified atom stereocenters. The first-order valence-corrected chi connectivity index (χ1v) is 23.6. The minimum absolute atomic E-state index is 0.0405. The second-order valence-corrected chi connectivity index (χ2v) is 20.2. The summed E-state index contributed by atoms with van der Waals surface area (Å²) in [5.74, 6) is 0. The van der Waals surface area contributed by atoms with Crippen molar-refractivity contribution >= 4 is 114 Å². The van der Waals surface area contributed by atoms with Crippen LogP contribution >= 0.6 is 0 Å². The average molecular weight is 820 g/mol. The summed E-state index contributed by atoms with van der Waals surface area (Å²) in [6, 6.07) is 78.7. The summed E-state index contributed by atoms with van der Waals surface area (Å²) in [5.41, 5.74) is 14.9. The molecule has 0 bridgehead atoms. The standard InChI is InChI=1S/C56H38BN5Si/c1-4-20-40(21-5-1)61-47-29-13-14-30-48(47)62(49-31-16-18-39-19-17-35-59-54(39)49)50-38-52-53-56(55(50)61)60(41-33-36-58-37-34-41)46-28-12-10-26-44(46)57(53)45-27-11-15-32-51(45)63(52,42-22-6-2-7-23-42)43-24-8-3-9-25-43/h1-38H. The highest BCUT2D eigenvalue weighted by Crippen LogP contribution is 2.59. The van der Waals surface area contributed by atoms with Gasteiger partial charge in [-0.25, -0.2) is 0 Å². The van der Waals surface area contributed by atoms with Gasteiger partial charge in [0.25, 0.3) is 0 Å². The Labute approximate surface area is 367 Å². The van der Waals surface area contributed by atoms with E-state index in [-0.39, 0.29) is 6.71 Å². The molecule has 5 nitrogen and oxygen atoms in total. The molecule has 0 saturated heterocycles. The van der Waals surface area contributed by atoms with Crippen molar-refractivity contribution in [3.63, 3.8) is 0 Å². The van der Waals surface area contributed by atoms with Gasteiger partial charge >= 0.3 is 0 Å². The number of aromatic nitrogens is 2. The molecule has 13 rings (SSSR count). The van der Waals surface area contributed by atoms with Gasteiger partial charge in [0, 0.05) is 41.0 Å². The Morgan fingerprint density at radius 3 is 1.67 bits per heavy atom. The summed E-state index contributed by atoms with van der Waals surface area (Å²) in [5, 5.41) is 6.61. The van der Waals surface area contributed by atoms with Crippen LogP contribution in [0.2, 0.25) is 0 Å². The fourth-order valence-electron chi connectivity index (χ4n) is 11.0. The zero-order valence-electron chi connectivity index (χ0n) is 34.3. The van der Waals surface area contributed by atoms with E-state index in [1.54, 1.807) is 0 Å². The lowest BCUT2D eigenvalue weighted by atomic mass is 9.34. The van der Waals surface area contributed by atoms with Crippen molar-refractivity contribution in [2.24, 2.45) is 0 Å². The molecule has 3 aliphatic heterocycles. The molecule has 8 aromatic carbocycles. The normalized spacial score (nSPS) is 14.0. The van der Waals surface area contributed by atoms with E-state index in [4.69, 9.17) is 4.98 Å². The molecule has 0 radical (unpaired) electrons. The van der Waals surface area contributed by atoms with E-state index in [9.17, 15) is 0 Å². The maximum atomic E-state index is 5.11. The van der Waals surface area contributed by atoms with Crippen molar-refractivity contribution < 1.29 is 0 Å². The summed E-state index contributed by atoms with van der Waals surface area (Å²) < 4.78 is 0. The lowest BCUT2D eigenvalue weighted by molar-refractivity contribution is 1.15. The zero-order chi connectivity index (χ0) is 41.5. The van der Waals surface area contributed by atoms with Crippen LogP contribution in [-0.2, 0) is 0 Å². The highest BCUT2D eigenvalue weighted by atomic mass is 28.3. The molecule has 0 aliphatic carbocycles. The molecule has 10 aromatic rings. The largest absolute Gasteiger partial charge is 0.309 e. The number of anilines is 9. The third-order valence-corrected chi connectivity index (χ3v) is 18.3. The number of fused-ring (bicyclic) bond motifs is 8. The summed E-state index contributed by atoms with van der Waals surface area (Å²) >= 11 is 0. The Hall–Kier alpha value is -8.00. The van der Waals surface area contributed by atoms with Crippen molar-refractivity contribution in [3.05, 3.63) is 231 Å². The number of benzene rings is 8. The van der Waals surface area contributed by atoms with Gasteiger partial charge in [0.05, 0.1) is 39.6 Å². The summed E-state index contributed by atoms with van der Waals surface area (Å²) in [4.78, 5) is 17.2. The Morgan fingerprint density at radius 1 is 0.381 bits per heavy atom. The zero-order valence-corrected chi connectivity index (χ0v) is 35.3.